The minimum atomic E-state index is 0.0252. The molecule has 0 N–H and O–H groups in total. The first-order valence-corrected chi connectivity index (χ1v) is 6.77. The van der Waals surface area contributed by atoms with Crippen molar-refractivity contribution >= 4 is 0 Å². The third-order valence-electron chi connectivity index (χ3n) is 4.06. The van der Waals surface area contributed by atoms with Gasteiger partial charge in [0.25, 0.3) is 0 Å². The molecule has 0 bridgehead atoms. The summed E-state index contributed by atoms with van der Waals surface area (Å²) in [5.74, 6) is 0.390. The lowest BCUT2D eigenvalue weighted by Crippen LogP contribution is -2.28. The summed E-state index contributed by atoms with van der Waals surface area (Å²) in [6, 6.07) is 21.5. The Hall–Kier alpha value is -2.08. The van der Waals surface area contributed by atoms with Gasteiger partial charge < -0.3 is 0 Å². The summed E-state index contributed by atoms with van der Waals surface area (Å²) in [6.45, 7) is 2.32. The van der Waals surface area contributed by atoms with Crippen molar-refractivity contribution in [2.75, 3.05) is 0 Å². The van der Waals surface area contributed by atoms with E-state index in [0.717, 1.165) is 0 Å². The minimum absolute atomic E-state index is 0.0252. The highest BCUT2D eigenvalue weighted by Gasteiger charge is 2.33. The molecule has 0 heterocycles. The van der Waals surface area contributed by atoms with Crippen LogP contribution < -0.4 is 0 Å². The van der Waals surface area contributed by atoms with Crippen LogP contribution >= 0.6 is 0 Å². The van der Waals surface area contributed by atoms with Crippen LogP contribution in [0.3, 0.4) is 0 Å². The predicted molar refractivity (Wildman–Crippen MR) is 81.3 cm³/mol. The van der Waals surface area contributed by atoms with E-state index >= 15 is 0 Å². The number of hydrogen-bond acceptors (Lipinski definition) is 0. The normalized spacial score (nSPS) is 25.4. The summed E-state index contributed by atoms with van der Waals surface area (Å²) in [6.07, 6.45) is 8.94. The summed E-state index contributed by atoms with van der Waals surface area (Å²) in [7, 11) is 0. The van der Waals surface area contributed by atoms with Crippen LogP contribution in [0.1, 0.15) is 24.0 Å². The summed E-state index contributed by atoms with van der Waals surface area (Å²) >= 11 is 0. The number of allylic oxidation sites excluding steroid dienone is 4. The molecule has 0 nitrogen and oxygen atoms in total. The first-order valence-electron chi connectivity index (χ1n) is 6.77. The monoisotopic (exact) mass is 246 g/mol. The van der Waals surface area contributed by atoms with Gasteiger partial charge in [-0.05, 0) is 11.1 Å². The van der Waals surface area contributed by atoms with Gasteiger partial charge in [-0.25, -0.2) is 0 Å². The van der Waals surface area contributed by atoms with E-state index in [-0.39, 0.29) is 5.41 Å². The zero-order valence-corrected chi connectivity index (χ0v) is 11.2. The average molecular weight is 246 g/mol. The van der Waals surface area contributed by atoms with Gasteiger partial charge in [0.05, 0.1) is 0 Å². The Morgan fingerprint density at radius 2 is 1.42 bits per heavy atom. The Labute approximate surface area is 115 Å². The van der Waals surface area contributed by atoms with E-state index in [1.54, 1.807) is 0 Å². The van der Waals surface area contributed by atoms with Gasteiger partial charge >= 0.3 is 0 Å². The van der Waals surface area contributed by atoms with Crippen molar-refractivity contribution in [1.29, 1.82) is 0 Å². The van der Waals surface area contributed by atoms with Crippen molar-refractivity contribution in [1.82, 2.24) is 0 Å². The SMILES string of the molecule is CC1(c2ccccc2)C=CC=CC1c1ccccc1. The molecule has 2 aromatic carbocycles. The molecule has 0 spiro atoms. The second kappa shape index (κ2) is 4.89. The highest BCUT2D eigenvalue weighted by molar-refractivity contribution is 5.43. The molecule has 0 aromatic heterocycles. The molecule has 0 saturated heterocycles. The third-order valence-corrected chi connectivity index (χ3v) is 4.06. The molecule has 0 saturated carbocycles. The van der Waals surface area contributed by atoms with Crippen LogP contribution in [0, 0.1) is 0 Å². The molecule has 2 unspecified atom stereocenters. The molecule has 3 rings (SSSR count). The van der Waals surface area contributed by atoms with Gasteiger partial charge in [0.1, 0.15) is 0 Å². The maximum Gasteiger partial charge on any atom is 0.0210 e. The summed E-state index contributed by atoms with van der Waals surface area (Å²) < 4.78 is 0. The molecule has 2 aromatic rings. The summed E-state index contributed by atoms with van der Waals surface area (Å²) in [5, 5.41) is 0. The van der Waals surface area contributed by atoms with Crippen LogP contribution in [0.2, 0.25) is 0 Å². The van der Waals surface area contributed by atoms with Gasteiger partial charge in [0.2, 0.25) is 0 Å². The average Bonchev–Trinajstić information content (AvgIpc) is 2.49. The molecule has 0 fully saturated rings. The topological polar surface area (TPSA) is 0 Å². The van der Waals surface area contributed by atoms with E-state index in [2.05, 4.69) is 91.9 Å². The molecule has 0 aliphatic heterocycles. The summed E-state index contributed by atoms with van der Waals surface area (Å²) in [5.41, 5.74) is 2.76. The Bertz CT molecular complexity index is 592. The Kier molecular flexibility index (Phi) is 3.08. The van der Waals surface area contributed by atoms with Crippen molar-refractivity contribution in [2.45, 2.75) is 18.3 Å². The van der Waals surface area contributed by atoms with E-state index in [1.165, 1.54) is 11.1 Å². The predicted octanol–water partition coefficient (Wildman–Crippen LogP) is 4.85. The van der Waals surface area contributed by atoms with Crippen LogP contribution in [0.25, 0.3) is 0 Å². The molecule has 0 amide bonds. The van der Waals surface area contributed by atoms with Crippen molar-refractivity contribution in [3.8, 4) is 0 Å². The fourth-order valence-corrected chi connectivity index (χ4v) is 2.93. The van der Waals surface area contributed by atoms with Crippen LogP contribution in [0.5, 0.6) is 0 Å². The van der Waals surface area contributed by atoms with E-state index in [4.69, 9.17) is 0 Å². The van der Waals surface area contributed by atoms with Crippen molar-refractivity contribution in [3.05, 3.63) is 96.1 Å². The van der Waals surface area contributed by atoms with E-state index < -0.39 is 0 Å². The van der Waals surface area contributed by atoms with Gasteiger partial charge in [-0.15, -0.1) is 0 Å². The van der Waals surface area contributed by atoms with E-state index in [0.29, 0.717) is 5.92 Å². The third kappa shape index (κ3) is 2.15. The second-order valence-corrected chi connectivity index (χ2v) is 5.28. The summed E-state index contributed by atoms with van der Waals surface area (Å²) in [4.78, 5) is 0. The second-order valence-electron chi connectivity index (χ2n) is 5.28. The molecule has 1 aliphatic rings. The van der Waals surface area contributed by atoms with Gasteiger partial charge in [0, 0.05) is 11.3 Å². The fourth-order valence-electron chi connectivity index (χ4n) is 2.93. The molecule has 0 radical (unpaired) electrons. The standard InChI is InChI=1S/C19H18/c1-19(17-12-6-3-7-13-17)15-9-8-14-18(19)16-10-4-2-5-11-16/h2-15,18H,1H3. The molecular formula is C19H18. The lowest BCUT2D eigenvalue weighted by Gasteiger charge is -2.36. The fraction of sp³-hybridized carbons (Fsp3) is 0.158. The molecule has 0 heteroatoms. The lowest BCUT2D eigenvalue weighted by atomic mass is 9.67. The quantitative estimate of drug-likeness (QED) is 0.710. The van der Waals surface area contributed by atoms with Gasteiger partial charge in [-0.1, -0.05) is 91.9 Å². The van der Waals surface area contributed by atoms with Crippen LogP contribution in [0.15, 0.2) is 85.0 Å². The van der Waals surface area contributed by atoms with E-state index in [9.17, 15) is 0 Å². The smallest absolute Gasteiger partial charge is 0.0210 e. The van der Waals surface area contributed by atoms with Crippen molar-refractivity contribution in [3.63, 3.8) is 0 Å². The lowest BCUT2D eigenvalue weighted by molar-refractivity contribution is 0.525. The minimum Gasteiger partial charge on any atom is -0.0758 e. The maximum atomic E-state index is 2.32. The van der Waals surface area contributed by atoms with E-state index in [1.807, 2.05) is 0 Å². The first kappa shape index (κ1) is 12.0. The Balaban J connectivity index is 2.08. The Morgan fingerprint density at radius 1 is 0.789 bits per heavy atom. The van der Waals surface area contributed by atoms with Crippen LogP contribution in [-0.4, -0.2) is 0 Å². The van der Waals surface area contributed by atoms with Crippen LogP contribution in [0.4, 0.5) is 0 Å². The Morgan fingerprint density at radius 3 is 2.11 bits per heavy atom. The molecular weight excluding hydrogens is 228 g/mol. The zero-order chi connectivity index (χ0) is 13.1. The van der Waals surface area contributed by atoms with Crippen LogP contribution in [-0.2, 0) is 5.41 Å². The van der Waals surface area contributed by atoms with Gasteiger partial charge in [-0.2, -0.15) is 0 Å². The van der Waals surface area contributed by atoms with Gasteiger partial charge in [0.15, 0.2) is 0 Å². The van der Waals surface area contributed by atoms with Crippen molar-refractivity contribution in [2.24, 2.45) is 0 Å². The zero-order valence-electron chi connectivity index (χ0n) is 11.2. The maximum absolute atomic E-state index is 2.32. The molecule has 1 aliphatic carbocycles. The highest BCUT2D eigenvalue weighted by atomic mass is 14.4. The highest BCUT2D eigenvalue weighted by Crippen LogP contribution is 2.42. The number of benzene rings is 2. The van der Waals surface area contributed by atoms with Gasteiger partial charge in [-0.3, -0.25) is 0 Å². The molecule has 19 heavy (non-hydrogen) atoms. The number of rotatable bonds is 2. The largest absolute Gasteiger partial charge is 0.0758 e. The number of hydrogen-bond donors (Lipinski definition) is 0. The molecule has 94 valence electrons. The first-order chi connectivity index (χ1) is 9.31. The van der Waals surface area contributed by atoms with Crippen molar-refractivity contribution < 1.29 is 0 Å². The molecule has 2 atom stereocenters.